The molecule has 2 aromatic rings. The monoisotopic (exact) mass is 254 g/mol. The summed E-state index contributed by atoms with van der Waals surface area (Å²) in [4.78, 5) is 12.2. The number of thiophene rings is 1. The second-order valence-electron chi connectivity index (χ2n) is 4.05. The molecule has 0 aromatic carbocycles. The van der Waals surface area contributed by atoms with Crippen molar-refractivity contribution in [3.05, 3.63) is 16.6 Å². The van der Waals surface area contributed by atoms with E-state index in [1.165, 1.54) is 11.3 Å². The molecule has 0 aliphatic heterocycles. The molecule has 2 rings (SSSR count). The number of carboxylic acids is 1. The van der Waals surface area contributed by atoms with Crippen LogP contribution in [0.25, 0.3) is 10.2 Å². The average Bonchev–Trinajstić information content (AvgIpc) is 2.78. The summed E-state index contributed by atoms with van der Waals surface area (Å²) in [6.07, 6.45) is 0. The van der Waals surface area contributed by atoms with Crippen molar-refractivity contribution in [3.8, 4) is 0 Å². The summed E-state index contributed by atoms with van der Waals surface area (Å²) < 4.78 is 6.93. The topological polar surface area (TPSA) is 64.4 Å². The summed E-state index contributed by atoms with van der Waals surface area (Å²) in [5.74, 6) is -0.898. The van der Waals surface area contributed by atoms with Crippen LogP contribution in [-0.2, 0) is 11.3 Å². The Morgan fingerprint density at radius 2 is 2.35 bits per heavy atom. The fraction of sp³-hybridized carbons (Fsp3) is 0.455. The number of fused-ring (bicyclic) bond motifs is 1. The lowest BCUT2D eigenvalue weighted by atomic mass is 10.3. The van der Waals surface area contributed by atoms with Gasteiger partial charge in [0.05, 0.1) is 12.3 Å². The molecule has 0 spiro atoms. The third-order valence-electron chi connectivity index (χ3n) is 2.44. The van der Waals surface area contributed by atoms with E-state index in [9.17, 15) is 4.79 Å². The summed E-state index contributed by atoms with van der Waals surface area (Å²) >= 11 is 1.25. The van der Waals surface area contributed by atoms with Crippen LogP contribution in [0.3, 0.4) is 0 Å². The first-order valence-corrected chi connectivity index (χ1v) is 6.09. The molecule has 0 aliphatic carbocycles. The molecule has 0 saturated heterocycles. The van der Waals surface area contributed by atoms with Gasteiger partial charge in [0.1, 0.15) is 9.71 Å². The number of carboxylic acid groups (broad SMARTS) is 1. The molecule has 5 nitrogen and oxygen atoms in total. The fourth-order valence-corrected chi connectivity index (χ4v) is 2.79. The van der Waals surface area contributed by atoms with Crippen molar-refractivity contribution in [3.63, 3.8) is 0 Å². The van der Waals surface area contributed by atoms with Crippen molar-refractivity contribution in [2.24, 2.45) is 0 Å². The van der Waals surface area contributed by atoms with Crippen LogP contribution in [-0.4, -0.2) is 28.0 Å². The van der Waals surface area contributed by atoms with Crippen molar-refractivity contribution < 1.29 is 14.6 Å². The number of ether oxygens (including phenoxy) is 1. The van der Waals surface area contributed by atoms with Gasteiger partial charge in [-0.15, -0.1) is 11.3 Å². The lowest BCUT2D eigenvalue weighted by molar-refractivity contribution is 0.0702. The number of aromatic carboxylic acids is 1. The van der Waals surface area contributed by atoms with Gasteiger partial charge in [0.2, 0.25) is 0 Å². The van der Waals surface area contributed by atoms with Gasteiger partial charge < -0.3 is 9.84 Å². The van der Waals surface area contributed by atoms with Gasteiger partial charge in [0.25, 0.3) is 0 Å². The molecule has 17 heavy (non-hydrogen) atoms. The predicted octanol–water partition coefficient (Wildman–Crippen LogP) is 2.52. The number of rotatable bonds is 4. The van der Waals surface area contributed by atoms with Crippen LogP contribution < -0.4 is 0 Å². The zero-order valence-electron chi connectivity index (χ0n) is 9.93. The summed E-state index contributed by atoms with van der Waals surface area (Å²) in [7, 11) is 1.60. The molecule has 6 heteroatoms. The number of aromatic nitrogens is 2. The van der Waals surface area contributed by atoms with Crippen LogP contribution in [0.1, 0.15) is 35.3 Å². The van der Waals surface area contributed by atoms with Crippen molar-refractivity contribution in [2.75, 3.05) is 7.11 Å². The van der Waals surface area contributed by atoms with Gasteiger partial charge in [-0.3, -0.25) is 4.68 Å². The molecule has 2 heterocycles. The maximum Gasteiger partial charge on any atom is 0.345 e. The van der Waals surface area contributed by atoms with Crippen molar-refractivity contribution in [1.29, 1.82) is 0 Å². The highest BCUT2D eigenvalue weighted by atomic mass is 32.1. The SMILES string of the molecule is COCc1nn(C(C)C)c2sc(C(=O)O)cc12. The molecular formula is C11H14N2O3S. The molecule has 0 atom stereocenters. The van der Waals surface area contributed by atoms with E-state index in [2.05, 4.69) is 5.10 Å². The van der Waals surface area contributed by atoms with E-state index in [0.29, 0.717) is 11.5 Å². The molecule has 0 bridgehead atoms. The molecule has 0 radical (unpaired) electrons. The molecule has 0 fully saturated rings. The smallest absolute Gasteiger partial charge is 0.345 e. The van der Waals surface area contributed by atoms with Crippen molar-refractivity contribution in [1.82, 2.24) is 9.78 Å². The third-order valence-corrected chi connectivity index (χ3v) is 3.55. The normalized spacial score (nSPS) is 11.5. The minimum absolute atomic E-state index is 0.198. The lowest BCUT2D eigenvalue weighted by Crippen LogP contribution is -2.03. The first-order valence-electron chi connectivity index (χ1n) is 5.27. The summed E-state index contributed by atoms with van der Waals surface area (Å²) in [6, 6.07) is 1.87. The zero-order chi connectivity index (χ0) is 12.6. The van der Waals surface area contributed by atoms with E-state index in [-0.39, 0.29) is 6.04 Å². The Labute approximate surface area is 103 Å². The average molecular weight is 254 g/mol. The maximum atomic E-state index is 11.0. The molecule has 92 valence electrons. The second-order valence-corrected chi connectivity index (χ2v) is 5.08. The number of hydrogen-bond donors (Lipinski definition) is 1. The van der Waals surface area contributed by atoms with Crippen LogP contribution in [0.2, 0.25) is 0 Å². The van der Waals surface area contributed by atoms with Gasteiger partial charge in [-0.25, -0.2) is 4.79 Å². The number of carbonyl (C=O) groups is 1. The van der Waals surface area contributed by atoms with E-state index in [1.807, 2.05) is 18.5 Å². The summed E-state index contributed by atoms with van der Waals surface area (Å²) in [5, 5.41) is 14.3. The van der Waals surface area contributed by atoms with E-state index in [4.69, 9.17) is 9.84 Å². The molecule has 0 aliphatic rings. The molecule has 0 unspecified atom stereocenters. The first-order chi connectivity index (χ1) is 8.04. The summed E-state index contributed by atoms with van der Waals surface area (Å²) in [6.45, 7) is 4.43. The number of nitrogens with zero attached hydrogens (tertiary/aromatic N) is 2. The highest BCUT2D eigenvalue weighted by Crippen LogP contribution is 2.30. The molecule has 2 aromatic heterocycles. The first kappa shape index (κ1) is 12.1. The minimum Gasteiger partial charge on any atom is -0.477 e. The lowest BCUT2D eigenvalue weighted by Gasteiger charge is -2.04. The van der Waals surface area contributed by atoms with Crippen LogP contribution in [0, 0.1) is 0 Å². The number of methoxy groups -OCH3 is 1. The van der Waals surface area contributed by atoms with E-state index in [0.717, 1.165) is 15.9 Å². The summed E-state index contributed by atoms with van der Waals surface area (Å²) in [5.41, 5.74) is 0.792. The molecule has 1 N–H and O–H groups in total. The third kappa shape index (κ3) is 2.05. The zero-order valence-corrected chi connectivity index (χ0v) is 10.7. The quantitative estimate of drug-likeness (QED) is 0.910. The number of hydrogen-bond acceptors (Lipinski definition) is 4. The van der Waals surface area contributed by atoms with Crippen molar-refractivity contribution in [2.45, 2.75) is 26.5 Å². The van der Waals surface area contributed by atoms with E-state index >= 15 is 0 Å². The Balaban J connectivity index is 2.62. The molecular weight excluding hydrogens is 240 g/mol. The van der Waals surface area contributed by atoms with Crippen LogP contribution in [0.5, 0.6) is 0 Å². The van der Waals surface area contributed by atoms with E-state index < -0.39 is 5.97 Å². The van der Waals surface area contributed by atoms with Gasteiger partial charge in [-0.2, -0.15) is 5.10 Å². The molecule has 0 saturated carbocycles. The van der Waals surface area contributed by atoms with Gasteiger partial charge in [0, 0.05) is 18.5 Å². The van der Waals surface area contributed by atoms with Crippen molar-refractivity contribution >= 4 is 27.5 Å². The highest BCUT2D eigenvalue weighted by molar-refractivity contribution is 7.20. The van der Waals surface area contributed by atoms with Gasteiger partial charge >= 0.3 is 5.97 Å². The van der Waals surface area contributed by atoms with Crippen LogP contribution in [0.15, 0.2) is 6.07 Å². The van der Waals surface area contributed by atoms with Gasteiger partial charge in [-0.1, -0.05) is 0 Å². The minimum atomic E-state index is -0.898. The predicted molar refractivity (Wildman–Crippen MR) is 65.7 cm³/mol. The Morgan fingerprint density at radius 1 is 1.65 bits per heavy atom. The fourth-order valence-electron chi connectivity index (χ4n) is 1.69. The van der Waals surface area contributed by atoms with E-state index in [1.54, 1.807) is 13.2 Å². The Kier molecular flexibility index (Phi) is 3.17. The van der Waals surface area contributed by atoms with Gasteiger partial charge in [-0.05, 0) is 19.9 Å². The highest BCUT2D eigenvalue weighted by Gasteiger charge is 2.18. The van der Waals surface area contributed by atoms with Crippen LogP contribution in [0.4, 0.5) is 0 Å². The van der Waals surface area contributed by atoms with Crippen LogP contribution >= 0.6 is 11.3 Å². The standard InChI is InChI=1S/C11H14N2O3S/c1-6(2)13-10-7(8(12-13)5-16-3)4-9(17-10)11(14)15/h4,6H,5H2,1-3H3,(H,14,15). The Hall–Kier alpha value is -1.40. The molecule has 0 amide bonds. The second kappa shape index (κ2) is 4.46. The maximum absolute atomic E-state index is 11.0. The Morgan fingerprint density at radius 3 is 2.88 bits per heavy atom. The largest absolute Gasteiger partial charge is 0.477 e. The van der Waals surface area contributed by atoms with Gasteiger partial charge in [0.15, 0.2) is 0 Å². The Bertz CT molecular complexity index is 556.